The van der Waals surface area contributed by atoms with E-state index in [2.05, 4.69) is 0 Å². The molecule has 1 fully saturated rings. The summed E-state index contributed by atoms with van der Waals surface area (Å²) in [6.45, 7) is 1.26. The largest absolute Gasteiger partial charge is 0.455 e. The maximum Gasteiger partial charge on any atom is 0.289 e. The van der Waals surface area contributed by atoms with Crippen molar-refractivity contribution in [3.63, 3.8) is 0 Å². The molecule has 1 saturated heterocycles. The number of likely N-dealkylation sites (tertiary alicyclic amines) is 1. The lowest BCUT2D eigenvalue weighted by Crippen LogP contribution is -2.29. The molecule has 1 aromatic heterocycles. The Kier molecular flexibility index (Phi) is 2.75. The highest BCUT2D eigenvalue weighted by Gasteiger charge is 2.26. The van der Waals surface area contributed by atoms with E-state index < -0.39 is 6.10 Å². The van der Waals surface area contributed by atoms with Gasteiger partial charge in [0.05, 0.1) is 12.6 Å². The molecule has 2 heterocycles. The van der Waals surface area contributed by atoms with Gasteiger partial charge in [-0.2, -0.15) is 0 Å². The third-order valence-electron chi connectivity index (χ3n) is 2.52. The van der Waals surface area contributed by atoms with E-state index in [0.717, 1.165) is 0 Å². The van der Waals surface area contributed by atoms with Gasteiger partial charge in [-0.15, -0.1) is 0 Å². The number of nitrogens with zero attached hydrogens (tertiary/aromatic N) is 1. The minimum atomic E-state index is -0.405. The number of amides is 1. The summed E-state index contributed by atoms with van der Waals surface area (Å²) >= 11 is 0. The van der Waals surface area contributed by atoms with Gasteiger partial charge in [0.1, 0.15) is 5.76 Å². The number of hydrogen-bond donors (Lipinski definition) is 2. The van der Waals surface area contributed by atoms with Crippen molar-refractivity contribution in [3.8, 4) is 0 Å². The van der Waals surface area contributed by atoms with Gasteiger partial charge in [-0.05, 0) is 18.6 Å². The number of hydrogen-bond acceptors (Lipinski definition) is 4. The number of aliphatic hydroxyl groups excluding tert-OH is 1. The summed E-state index contributed by atoms with van der Waals surface area (Å²) < 4.78 is 5.24. The van der Waals surface area contributed by atoms with Crippen LogP contribution < -0.4 is 5.73 Å². The minimum absolute atomic E-state index is 0.175. The van der Waals surface area contributed by atoms with Crippen molar-refractivity contribution in [3.05, 3.63) is 23.7 Å². The Labute approximate surface area is 87.5 Å². The molecule has 1 amide bonds. The Morgan fingerprint density at radius 2 is 2.47 bits per heavy atom. The van der Waals surface area contributed by atoms with Crippen LogP contribution in [0.4, 0.5) is 0 Å². The molecule has 82 valence electrons. The quantitative estimate of drug-likeness (QED) is 0.717. The summed E-state index contributed by atoms with van der Waals surface area (Å²) in [7, 11) is 0. The van der Waals surface area contributed by atoms with E-state index in [4.69, 9.17) is 10.2 Å². The van der Waals surface area contributed by atoms with Crippen molar-refractivity contribution in [2.45, 2.75) is 19.1 Å². The van der Waals surface area contributed by atoms with Gasteiger partial charge in [-0.1, -0.05) is 0 Å². The summed E-state index contributed by atoms with van der Waals surface area (Å²) in [6.07, 6.45) is 0.230. The van der Waals surface area contributed by atoms with E-state index in [1.807, 2.05) is 0 Å². The maximum atomic E-state index is 11.8. The standard InChI is InChI=1S/C10H14N2O3/c11-5-8-1-2-9(15-8)10(14)12-4-3-7(13)6-12/h1-2,7,13H,3-6,11H2. The van der Waals surface area contributed by atoms with Crippen LogP contribution in [0, 0.1) is 0 Å². The van der Waals surface area contributed by atoms with Crippen molar-refractivity contribution < 1.29 is 14.3 Å². The van der Waals surface area contributed by atoms with Crippen LogP contribution in [0.2, 0.25) is 0 Å². The Balaban J connectivity index is 2.07. The fourth-order valence-electron chi connectivity index (χ4n) is 1.68. The number of aliphatic hydroxyl groups is 1. The Bertz CT molecular complexity index is 361. The molecule has 0 bridgehead atoms. The van der Waals surface area contributed by atoms with E-state index in [-0.39, 0.29) is 12.5 Å². The zero-order valence-electron chi connectivity index (χ0n) is 8.35. The average Bonchev–Trinajstić information content (AvgIpc) is 2.84. The van der Waals surface area contributed by atoms with Crippen molar-refractivity contribution in [1.29, 1.82) is 0 Å². The number of carbonyl (C=O) groups is 1. The van der Waals surface area contributed by atoms with E-state index in [1.165, 1.54) is 0 Å². The van der Waals surface area contributed by atoms with Crippen LogP contribution in [0.3, 0.4) is 0 Å². The second kappa shape index (κ2) is 4.04. The summed E-state index contributed by atoms with van der Waals surface area (Å²) in [5.74, 6) is 0.717. The van der Waals surface area contributed by atoms with Crippen molar-refractivity contribution in [2.24, 2.45) is 5.73 Å². The van der Waals surface area contributed by atoms with E-state index in [9.17, 15) is 9.90 Å². The van der Waals surface area contributed by atoms with Crippen LogP contribution in [0.1, 0.15) is 22.7 Å². The average molecular weight is 210 g/mol. The zero-order chi connectivity index (χ0) is 10.8. The first kappa shape index (κ1) is 10.2. The van der Waals surface area contributed by atoms with Gasteiger partial charge in [0, 0.05) is 13.1 Å². The smallest absolute Gasteiger partial charge is 0.289 e. The molecule has 3 N–H and O–H groups in total. The van der Waals surface area contributed by atoms with Gasteiger partial charge in [-0.3, -0.25) is 4.79 Å². The van der Waals surface area contributed by atoms with E-state index in [0.29, 0.717) is 31.0 Å². The molecule has 1 unspecified atom stereocenters. The normalized spacial score (nSPS) is 20.9. The van der Waals surface area contributed by atoms with Gasteiger partial charge < -0.3 is 20.2 Å². The second-order valence-electron chi connectivity index (χ2n) is 3.66. The van der Waals surface area contributed by atoms with Crippen LogP contribution in [0.15, 0.2) is 16.5 Å². The van der Waals surface area contributed by atoms with Gasteiger partial charge in [-0.25, -0.2) is 0 Å². The third-order valence-corrected chi connectivity index (χ3v) is 2.52. The molecule has 1 aliphatic rings. The SMILES string of the molecule is NCc1ccc(C(=O)N2CCC(O)C2)o1. The minimum Gasteiger partial charge on any atom is -0.455 e. The van der Waals surface area contributed by atoms with Crippen molar-refractivity contribution >= 4 is 5.91 Å². The van der Waals surface area contributed by atoms with Crippen LogP contribution >= 0.6 is 0 Å². The van der Waals surface area contributed by atoms with Crippen LogP contribution in [0.25, 0.3) is 0 Å². The summed E-state index contributed by atoms with van der Waals surface area (Å²) in [6, 6.07) is 3.31. The molecule has 0 radical (unpaired) electrons. The Hall–Kier alpha value is -1.33. The predicted octanol–water partition coefficient (Wildman–Crippen LogP) is -0.0549. The van der Waals surface area contributed by atoms with Crippen molar-refractivity contribution in [2.75, 3.05) is 13.1 Å². The van der Waals surface area contributed by atoms with Gasteiger partial charge in [0.25, 0.3) is 5.91 Å². The second-order valence-corrected chi connectivity index (χ2v) is 3.66. The van der Waals surface area contributed by atoms with Gasteiger partial charge in [0.2, 0.25) is 0 Å². The first-order valence-electron chi connectivity index (χ1n) is 4.97. The molecule has 0 spiro atoms. The molecular formula is C10H14N2O3. The maximum absolute atomic E-state index is 11.8. The first-order valence-corrected chi connectivity index (χ1v) is 4.97. The van der Waals surface area contributed by atoms with Crippen LogP contribution in [0.5, 0.6) is 0 Å². The molecular weight excluding hydrogens is 196 g/mol. The molecule has 1 aromatic rings. The lowest BCUT2D eigenvalue weighted by atomic mass is 10.3. The monoisotopic (exact) mass is 210 g/mol. The molecule has 0 saturated carbocycles. The predicted molar refractivity (Wildman–Crippen MR) is 53.1 cm³/mol. The van der Waals surface area contributed by atoms with E-state index in [1.54, 1.807) is 17.0 Å². The fourth-order valence-corrected chi connectivity index (χ4v) is 1.68. The Morgan fingerprint density at radius 3 is 3.00 bits per heavy atom. The highest BCUT2D eigenvalue weighted by atomic mass is 16.4. The number of carbonyl (C=O) groups excluding carboxylic acids is 1. The molecule has 0 aliphatic carbocycles. The molecule has 5 nitrogen and oxygen atoms in total. The van der Waals surface area contributed by atoms with Crippen LogP contribution in [-0.4, -0.2) is 35.1 Å². The number of rotatable bonds is 2. The molecule has 1 atom stereocenters. The number of nitrogens with two attached hydrogens (primary N) is 1. The van der Waals surface area contributed by atoms with Gasteiger partial charge in [0.15, 0.2) is 5.76 Å². The molecule has 1 aliphatic heterocycles. The summed E-state index contributed by atoms with van der Waals surface area (Å²) in [4.78, 5) is 13.4. The van der Waals surface area contributed by atoms with E-state index >= 15 is 0 Å². The zero-order valence-corrected chi connectivity index (χ0v) is 8.35. The summed E-state index contributed by atoms with van der Waals surface area (Å²) in [5.41, 5.74) is 5.38. The lowest BCUT2D eigenvalue weighted by Gasteiger charge is -2.13. The molecule has 0 aromatic carbocycles. The molecule has 15 heavy (non-hydrogen) atoms. The number of furan rings is 1. The first-order chi connectivity index (χ1) is 7.20. The lowest BCUT2D eigenvalue weighted by molar-refractivity contribution is 0.0732. The highest BCUT2D eigenvalue weighted by molar-refractivity contribution is 5.91. The topological polar surface area (TPSA) is 79.7 Å². The van der Waals surface area contributed by atoms with Crippen LogP contribution in [-0.2, 0) is 6.54 Å². The molecule has 2 rings (SSSR count). The molecule has 5 heteroatoms. The fraction of sp³-hybridized carbons (Fsp3) is 0.500. The summed E-state index contributed by atoms with van der Waals surface area (Å²) in [5, 5.41) is 9.30. The van der Waals surface area contributed by atoms with Gasteiger partial charge >= 0.3 is 0 Å². The van der Waals surface area contributed by atoms with Crippen molar-refractivity contribution in [1.82, 2.24) is 4.90 Å². The number of β-amino-alcohol motifs (C(OH)–C–C–N with tert-alkyl or cyclic N) is 1. The Morgan fingerprint density at radius 1 is 1.67 bits per heavy atom. The third kappa shape index (κ3) is 2.03. The highest BCUT2D eigenvalue weighted by Crippen LogP contribution is 2.15.